The van der Waals surface area contributed by atoms with Crippen molar-refractivity contribution >= 4 is 5.69 Å². The van der Waals surface area contributed by atoms with Gasteiger partial charge in [0.2, 0.25) is 0 Å². The molecule has 4 rings (SSSR count). The summed E-state index contributed by atoms with van der Waals surface area (Å²) in [6.45, 7) is 2.06. The van der Waals surface area contributed by atoms with Crippen molar-refractivity contribution in [2.75, 3.05) is 19.0 Å². The van der Waals surface area contributed by atoms with Crippen LogP contribution in [-0.2, 0) is 17.8 Å². The molecule has 0 atom stereocenters. The summed E-state index contributed by atoms with van der Waals surface area (Å²) in [7, 11) is 1.70. The Morgan fingerprint density at radius 1 is 1.09 bits per heavy atom. The number of benzene rings is 2. The van der Waals surface area contributed by atoms with E-state index < -0.39 is 0 Å². The van der Waals surface area contributed by atoms with Gasteiger partial charge < -0.3 is 10.1 Å². The maximum Gasteiger partial charge on any atom is 0.121 e. The first-order valence-corrected chi connectivity index (χ1v) is 7.72. The highest BCUT2D eigenvalue weighted by Gasteiger charge is 2.22. The van der Waals surface area contributed by atoms with Crippen molar-refractivity contribution < 1.29 is 4.74 Å². The highest BCUT2D eigenvalue weighted by Crippen LogP contribution is 2.38. The van der Waals surface area contributed by atoms with Crippen LogP contribution >= 0.6 is 0 Å². The number of para-hydroxylation sites is 1. The smallest absolute Gasteiger partial charge is 0.121 e. The zero-order valence-electron chi connectivity index (χ0n) is 13.0. The number of fused-ring (bicyclic) bond motifs is 5. The van der Waals surface area contributed by atoms with Crippen LogP contribution in [0.1, 0.15) is 5.56 Å². The standard InChI is InChI=1S/C18H18N4O/c1-23-11-10-22-18-15-8-4-5-9-16(15)19-12-13-6-2-3-7-14(13)17(18)20-21-22/h2-9,19H,10-12H2,1H3. The first-order chi connectivity index (χ1) is 11.4. The normalized spacial score (nSPS) is 12.4. The second-order valence-corrected chi connectivity index (χ2v) is 5.56. The lowest BCUT2D eigenvalue weighted by Crippen LogP contribution is -2.10. The van der Waals surface area contributed by atoms with Gasteiger partial charge in [0.15, 0.2) is 0 Å². The van der Waals surface area contributed by atoms with Gasteiger partial charge in [-0.25, -0.2) is 4.68 Å². The fourth-order valence-corrected chi connectivity index (χ4v) is 3.04. The molecular weight excluding hydrogens is 288 g/mol. The lowest BCUT2D eigenvalue weighted by molar-refractivity contribution is 0.183. The van der Waals surface area contributed by atoms with E-state index in [2.05, 4.69) is 46.0 Å². The molecule has 3 aromatic rings. The summed E-state index contributed by atoms with van der Waals surface area (Å²) in [4.78, 5) is 0. The topological polar surface area (TPSA) is 52.0 Å². The lowest BCUT2D eigenvalue weighted by Gasteiger charge is -2.19. The van der Waals surface area contributed by atoms with E-state index in [1.165, 1.54) is 5.56 Å². The molecule has 0 unspecified atom stereocenters. The van der Waals surface area contributed by atoms with Crippen LogP contribution < -0.4 is 5.32 Å². The van der Waals surface area contributed by atoms with Crippen LogP contribution in [0.4, 0.5) is 5.69 Å². The average Bonchev–Trinajstić information content (AvgIpc) is 3.00. The Balaban J connectivity index is 1.97. The SMILES string of the molecule is COCCn1nnc2c1-c1ccccc1NCc1ccccc1-2. The van der Waals surface area contributed by atoms with Gasteiger partial charge in [-0.05, 0) is 11.6 Å². The second kappa shape index (κ2) is 5.85. The third-order valence-corrected chi connectivity index (χ3v) is 4.17. The Hall–Kier alpha value is -2.66. The summed E-state index contributed by atoms with van der Waals surface area (Å²) >= 11 is 0. The molecule has 0 fully saturated rings. The zero-order valence-corrected chi connectivity index (χ0v) is 13.0. The van der Waals surface area contributed by atoms with E-state index in [0.717, 1.165) is 34.7 Å². The molecule has 5 nitrogen and oxygen atoms in total. The molecule has 0 radical (unpaired) electrons. The number of aromatic nitrogens is 3. The minimum Gasteiger partial charge on any atom is -0.383 e. The molecule has 0 aliphatic carbocycles. The fraction of sp³-hybridized carbons (Fsp3) is 0.222. The number of nitrogens with one attached hydrogen (secondary N) is 1. The average molecular weight is 306 g/mol. The minimum atomic E-state index is 0.604. The number of hydrogen-bond donors (Lipinski definition) is 1. The van der Waals surface area contributed by atoms with Gasteiger partial charge in [0.1, 0.15) is 5.69 Å². The highest BCUT2D eigenvalue weighted by atomic mass is 16.5. The van der Waals surface area contributed by atoms with E-state index in [-0.39, 0.29) is 0 Å². The summed E-state index contributed by atoms with van der Waals surface area (Å²) in [5, 5.41) is 12.4. The van der Waals surface area contributed by atoms with Crippen molar-refractivity contribution in [3.05, 3.63) is 54.1 Å². The second-order valence-electron chi connectivity index (χ2n) is 5.56. The number of hydrogen-bond acceptors (Lipinski definition) is 4. The Bertz CT molecular complexity index is 841. The number of methoxy groups -OCH3 is 1. The highest BCUT2D eigenvalue weighted by molar-refractivity contribution is 5.87. The van der Waals surface area contributed by atoms with Gasteiger partial charge in [-0.15, -0.1) is 5.10 Å². The summed E-state index contributed by atoms with van der Waals surface area (Å²) in [6.07, 6.45) is 0. The summed E-state index contributed by atoms with van der Waals surface area (Å²) in [5.41, 5.74) is 6.56. The molecule has 0 amide bonds. The van der Waals surface area contributed by atoms with Crippen LogP contribution in [0.2, 0.25) is 0 Å². The molecule has 116 valence electrons. The van der Waals surface area contributed by atoms with E-state index >= 15 is 0 Å². The molecule has 0 saturated carbocycles. The van der Waals surface area contributed by atoms with Crippen LogP contribution in [0.25, 0.3) is 22.5 Å². The van der Waals surface area contributed by atoms with Crippen LogP contribution in [0.5, 0.6) is 0 Å². The molecule has 23 heavy (non-hydrogen) atoms. The van der Waals surface area contributed by atoms with Crippen LogP contribution in [0, 0.1) is 0 Å². The molecule has 0 spiro atoms. The van der Waals surface area contributed by atoms with Crippen molar-refractivity contribution in [2.24, 2.45) is 0 Å². The van der Waals surface area contributed by atoms with E-state index in [1.807, 2.05) is 22.9 Å². The number of nitrogens with zero attached hydrogens (tertiary/aromatic N) is 3. The summed E-state index contributed by atoms with van der Waals surface area (Å²) in [5.74, 6) is 0. The summed E-state index contributed by atoms with van der Waals surface area (Å²) in [6, 6.07) is 16.6. The molecule has 1 aliphatic heterocycles. The van der Waals surface area contributed by atoms with E-state index in [9.17, 15) is 0 Å². The third-order valence-electron chi connectivity index (χ3n) is 4.17. The number of ether oxygens (including phenoxy) is 1. The maximum absolute atomic E-state index is 5.22. The van der Waals surface area contributed by atoms with Gasteiger partial charge in [0, 0.05) is 30.5 Å². The summed E-state index contributed by atoms with van der Waals surface area (Å²) < 4.78 is 7.15. The molecule has 0 bridgehead atoms. The first-order valence-electron chi connectivity index (χ1n) is 7.72. The zero-order chi connectivity index (χ0) is 15.6. The molecule has 5 heteroatoms. The van der Waals surface area contributed by atoms with Crippen LogP contribution in [0.15, 0.2) is 48.5 Å². The van der Waals surface area contributed by atoms with Crippen LogP contribution in [-0.4, -0.2) is 28.7 Å². The Labute approximate surface area is 134 Å². The predicted octanol–water partition coefficient (Wildman–Crippen LogP) is 3.18. The monoisotopic (exact) mass is 306 g/mol. The molecule has 1 N–H and O–H groups in total. The van der Waals surface area contributed by atoms with Crippen molar-refractivity contribution in [1.29, 1.82) is 0 Å². The lowest BCUT2D eigenvalue weighted by atomic mass is 9.97. The van der Waals surface area contributed by atoms with E-state index in [0.29, 0.717) is 13.2 Å². The molecule has 2 heterocycles. The fourth-order valence-electron chi connectivity index (χ4n) is 3.04. The minimum absolute atomic E-state index is 0.604. The Morgan fingerprint density at radius 3 is 2.74 bits per heavy atom. The van der Waals surface area contributed by atoms with Gasteiger partial charge in [0.05, 0.1) is 18.8 Å². The van der Waals surface area contributed by atoms with Crippen molar-refractivity contribution in [1.82, 2.24) is 15.0 Å². The van der Waals surface area contributed by atoms with E-state index in [1.54, 1.807) is 7.11 Å². The van der Waals surface area contributed by atoms with Gasteiger partial charge >= 0.3 is 0 Å². The van der Waals surface area contributed by atoms with Crippen molar-refractivity contribution in [3.63, 3.8) is 0 Å². The van der Waals surface area contributed by atoms with Crippen molar-refractivity contribution in [2.45, 2.75) is 13.1 Å². The molecule has 1 aromatic heterocycles. The Kier molecular flexibility index (Phi) is 3.55. The van der Waals surface area contributed by atoms with Gasteiger partial charge in [-0.3, -0.25) is 0 Å². The number of rotatable bonds is 3. The van der Waals surface area contributed by atoms with Gasteiger partial charge in [-0.2, -0.15) is 0 Å². The maximum atomic E-state index is 5.22. The molecule has 2 aromatic carbocycles. The predicted molar refractivity (Wildman–Crippen MR) is 90.1 cm³/mol. The van der Waals surface area contributed by atoms with E-state index in [4.69, 9.17) is 4.74 Å². The van der Waals surface area contributed by atoms with Crippen LogP contribution in [0.3, 0.4) is 0 Å². The number of anilines is 1. The molecular formula is C18H18N4O. The molecule has 1 aliphatic rings. The molecule has 0 saturated heterocycles. The quantitative estimate of drug-likeness (QED) is 0.807. The van der Waals surface area contributed by atoms with Gasteiger partial charge in [-0.1, -0.05) is 47.7 Å². The first kappa shape index (κ1) is 14.0. The van der Waals surface area contributed by atoms with Crippen molar-refractivity contribution in [3.8, 4) is 22.5 Å². The largest absolute Gasteiger partial charge is 0.383 e. The Morgan fingerprint density at radius 2 is 1.87 bits per heavy atom. The van der Waals surface area contributed by atoms with Gasteiger partial charge in [0.25, 0.3) is 0 Å². The third kappa shape index (κ3) is 2.39.